The van der Waals surface area contributed by atoms with Crippen molar-refractivity contribution in [2.75, 3.05) is 26.2 Å². The number of piperidine rings is 1. The van der Waals surface area contributed by atoms with Crippen LogP contribution in [0.15, 0.2) is 42.5 Å². The van der Waals surface area contributed by atoms with Gasteiger partial charge < -0.3 is 15.0 Å². The molecule has 3 heterocycles. The molecule has 0 aliphatic carbocycles. The van der Waals surface area contributed by atoms with Gasteiger partial charge in [-0.3, -0.25) is 14.7 Å². The molecule has 1 aromatic heterocycles. The van der Waals surface area contributed by atoms with E-state index in [0.717, 1.165) is 55.8 Å². The number of aromatic amines is 1. The smallest absolute Gasteiger partial charge is 0.274 e. The number of carbonyl (C=O) groups excluding carboxylic acids is 2. The molecule has 0 unspecified atom stereocenters. The number of amides is 2. The van der Waals surface area contributed by atoms with Crippen molar-refractivity contribution in [2.45, 2.75) is 44.9 Å². The van der Waals surface area contributed by atoms with Crippen LogP contribution in [-0.2, 0) is 0 Å². The zero-order chi connectivity index (χ0) is 24.3. The number of rotatable bonds is 1. The Morgan fingerprint density at radius 1 is 1.03 bits per heavy atom. The minimum atomic E-state index is -0.164. The lowest BCUT2D eigenvalue weighted by Gasteiger charge is -2.42. The van der Waals surface area contributed by atoms with Crippen LogP contribution in [0.2, 0.25) is 5.02 Å². The van der Waals surface area contributed by atoms with Crippen LogP contribution in [0.3, 0.4) is 0 Å². The molecule has 1 saturated heterocycles. The third-order valence-electron chi connectivity index (χ3n) is 7.45. The van der Waals surface area contributed by atoms with E-state index in [1.165, 1.54) is 0 Å². The number of ether oxygens (including phenoxy) is 1. The summed E-state index contributed by atoms with van der Waals surface area (Å²) in [5, 5.41) is 11.8. The van der Waals surface area contributed by atoms with Gasteiger partial charge in [-0.05, 0) is 55.4 Å². The summed E-state index contributed by atoms with van der Waals surface area (Å²) >= 11 is 6.18. The summed E-state index contributed by atoms with van der Waals surface area (Å²) in [5.74, 6) is 0.376. The molecule has 1 spiro atoms. The van der Waals surface area contributed by atoms with Gasteiger partial charge in [0, 0.05) is 30.0 Å². The van der Waals surface area contributed by atoms with E-state index in [0.29, 0.717) is 48.3 Å². The summed E-state index contributed by atoms with van der Waals surface area (Å²) in [5.41, 5.74) is 1.79. The zero-order valence-corrected chi connectivity index (χ0v) is 20.6. The molecule has 35 heavy (non-hydrogen) atoms. The van der Waals surface area contributed by atoms with Gasteiger partial charge in [0.2, 0.25) is 0 Å². The van der Waals surface area contributed by atoms with E-state index in [9.17, 15) is 9.59 Å². The maximum atomic E-state index is 13.3. The highest BCUT2D eigenvalue weighted by Gasteiger charge is 2.37. The Hall–Kier alpha value is -3.06. The van der Waals surface area contributed by atoms with E-state index >= 15 is 0 Å². The molecular formula is C27H31ClN4O3. The zero-order valence-electron chi connectivity index (χ0n) is 19.8. The Morgan fingerprint density at radius 3 is 2.69 bits per heavy atom. The molecule has 0 saturated carbocycles. The topological polar surface area (TPSA) is 87.3 Å². The van der Waals surface area contributed by atoms with E-state index in [2.05, 4.69) is 15.5 Å². The number of likely N-dealkylation sites (tertiary alicyclic amines) is 1. The molecule has 0 bridgehead atoms. The highest BCUT2D eigenvalue weighted by Crippen LogP contribution is 2.37. The SMILES string of the molecule is O=C1NCC2(CCCCCCOc3ccc(Cl)cc31)CCN(C(=O)c1n[nH]c3ccccc13)CC2. The van der Waals surface area contributed by atoms with Crippen molar-refractivity contribution in [3.63, 3.8) is 0 Å². The average molecular weight is 495 g/mol. The van der Waals surface area contributed by atoms with Gasteiger partial charge in [-0.15, -0.1) is 0 Å². The molecule has 8 heteroatoms. The minimum Gasteiger partial charge on any atom is -0.493 e. The van der Waals surface area contributed by atoms with Crippen LogP contribution >= 0.6 is 11.6 Å². The minimum absolute atomic E-state index is 0.0340. The highest BCUT2D eigenvalue weighted by atomic mass is 35.5. The summed E-state index contributed by atoms with van der Waals surface area (Å²) < 4.78 is 5.90. The number of hydrogen-bond acceptors (Lipinski definition) is 4. The molecule has 2 aliphatic rings. The largest absolute Gasteiger partial charge is 0.493 e. The standard InChI is InChI=1S/C27H31ClN4O3/c28-19-9-10-23-21(17-19)25(33)29-18-27(11-5-1-2-6-16-35-23)12-14-32(15-13-27)26(34)24-20-7-3-4-8-22(20)30-31-24/h3-4,7-10,17H,1-2,5-6,11-16,18H2,(H,29,33)(H,30,31). The average Bonchev–Trinajstić information content (AvgIpc) is 3.31. The number of halogens is 1. The predicted octanol–water partition coefficient (Wildman–Crippen LogP) is 5.21. The number of nitrogens with zero attached hydrogens (tertiary/aromatic N) is 2. The molecule has 3 aromatic rings. The van der Waals surface area contributed by atoms with Gasteiger partial charge in [0.15, 0.2) is 5.69 Å². The second-order valence-electron chi connectivity index (χ2n) is 9.75. The van der Waals surface area contributed by atoms with Crippen LogP contribution in [0.4, 0.5) is 0 Å². The molecule has 0 atom stereocenters. The number of nitrogens with one attached hydrogen (secondary N) is 2. The first-order valence-corrected chi connectivity index (χ1v) is 12.9. The fraction of sp³-hybridized carbons (Fsp3) is 0.444. The maximum Gasteiger partial charge on any atom is 0.274 e. The summed E-state index contributed by atoms with van der Waals surface area (Å²) in [4.78, 5) is 28.3. The van der Waals surface area contributed by atoms with Crippen molar-refractivity contribution in [3.8, 4) is 5.75 Å². The Labute approximate surface area is 210 Å². The molecule has 0 radical (unpaired) electrons. The van der Waals surface area contributed by atoms with Crippen molar-refractivity contribution >= 4 is 34.3 Å². The van der Waals surface area contributed by atoms with Gasteiger partial charge in [0.05, 0.1) is 17.7 Å². The molecule has 2 amide bonds. The third-order valence-corrected chi connectivity index (χ3v) is 7.69. The second-order valence-corrected chi connectivity index (χ2v) is 10.2. The second kappa shape index (κ2) is 10.3. The number of aromatic nitrogens is 2. The van der Waals surface area contributed by atoms with Crippen molar-refractivity contribution < 1.29 is 14.3 Å². The number of para-hydroxylation sites is 1. The lowest BCUT2D eigenvalue weighted by Crippen LogP contribution is -2.48. The lowest BCUT2D eigenvalue weighted by atomic mass is 9.74. The third kappa shape index (κ3) is 5.15. The number of fused-ring (bicyclic) bond motifs is 2. The molecule has 7 nitrogen and oxygen atoms in total. The van der Waals surface area contributed by atoms with Gasteiger partial charge in [-0.25, -0.2) is 0 Å². The summed E-state index contributed by atoms with van der Waals surface area (Å²) in [6, 6.07) is 12.9. The highest BCUT2D eigenvalue weighted by molar-refractivity contribution is 6.31. The summed E-state index contributed by atoms with van der Waals surface area (Å²) in [7, 11) is 0. The molecule has 184 valence electrons. The van der Waals surface area contributed by atoms with Crippen molar-refractivity contribution in [1.29, 1.82) is 0 Å². The van der Waals surface area contributed by atoms with Gasteiger partial charge >= 0.3 is 0 Å². The van der Waals surface area contributed by atoms with Crippen LogP contribution in [0.5, 0.6) is 5.75 Å². The van der Waals surface area contributed by atoms with Crippen LogP contribution in [0, 0.1) is 5.41 Å². The van der Waals surface area contributed by atoms with Crippen LogP contribution in [0.1, 0.15) is 65.8 Å². The van der Waals surface area contributed by atoms with E-state index < -0.39 is 0 Å². The number of benzene rings is 2. The van der Waals surface area contributed by atoms with E-state index in [1.807, 2.05) is 29.2 Å². The molecular weight excluding hydrogens is 464 g/mol. The molecule has 1 fully saturated rings. The summed E-state index contributed by atoms with van der Waals surface area (Å²) in [6.07, 6.45) is 7.01. The van der Waals surface area contributed by atoms with Crippen molar-refractivity contribution in [2.24, 2.45) is 5.41 Å². The first-order valence-electron chi connectivity index (χ1n) is 12.5. The monoisotopic (exact) mass is 494 g/mol. The van der Waals surface area contributed by atoms with E-state index in [1.54, 1.807) is 18.2 Å². The van der Waals surface area contributed by atoms with Crippen LogP contribution < -0.4 is 10.1 Å². The van der Waals surface area contributed by atoms with Crippen molar-refractivity contribution in [1.82, 2.24) is 20.4 Å². The summed E-state index contributed by atoms with van der Waals surface area (Å²) in [6.45, 7) is 2.47. The Bertz CT molecular complexity index is 1220. The Morgan fingerprint density at radius 2 is 1.83 bits per heavy atom. The quantitative estimate of drug-likeness (QED) is 0.486. The maximum absolute atomic E-state index is 13.3. The number of H-pyrrole nitrogens is 1. The lowest BCUT2D eigenvalue weighted by molar-refractivity contribution is 0.0532. The van der Waals surface area contributed by atoms with Gasteiger partial charge in [0.25, 0.3) is 11.8 Å². The van der Waals surface area contributed by atoms with Gasteiger partial charge in [-0.2, -0.15) is 5.10 Å². The fourth-order valence-electron chi connectivity index (χ4n) is 5.28. The van der Waals surface area contributed by atoms with E-state index in [4.69, 9.17) is 16.3 Å². The Kier molecular flexibility index (Phi) is 6.95. The predicted molar refractivity (Wildman–Crippen MR) is 136 cm³/mol. The van der Waals surface area contributed by atoms with Crippen molar-refractivity contribution in [3.05, 3.63) is 58.7 Å². The van der Waals surface area contributed by atoms with Gasteiger partial charge in [0.1, 0.15) is 5.75 Å². The first kappa shape index (κ1) is 23.7. The number of hydrogen-bond donors (Lipinski definition) is 2. The molecule has 2 N–H and O–H groups in total. The van der Waals surface area contributed by atoms with Gasteiger partial charge in [-0.1, -0.05) is 49.1 Å². The van der Waals surface area contributed by atoms with Crippen LogP contribution in [0.25, 0.3) is 10.9 Å². The van der Waals surface area contributed by atoms with E-state index in [-0.39, 0.29) is 17.2 Å². The van der Waals surface area contributed by atoms with Crippen LogP contribution in [-0.4, -0.2) is 53.2 Å². The first-order chi connectivity index (χ1) is 17.0. The molecule has 5 rings (SSSR count). The molecule has 2 aromatic carbocycles. The Balaban J connectivity index is 1.30. The normalized spacial score (nSPS) is 19.1. The molecule has 2 aliphatic heterocycles. The fourth-order valence-corrected chi connectivity index (χ4v) is 5.45. The number of carbonyl (C=O) groups is 2.